The third kappa shape index (κ3) is 2.22. The second-order valence-electron chi connectivity index (χ2n) is 7.07. The van der Waals surface area contributed by atoms with Crippen LogP contribution in [0.25, 0.3) is 5.82 Å². The second kappa shape index (κ2) is 4.81. The van der Waals surface area contributed by atoms with Gasteiger partial charge in [-0.2, -0.15) is 10.4 Å². The molecule has 4 rings (SSSR count). The zero-order valence-electron chi connectivity index (χ0n) is 13.6. The summed E-state index contributed by atoms with van der Waals surface area (Å²) in [5.41, 5.74) is 7.96. The van der Waals surface area contributed by atoms with Gasteiger partial charge in [-0.15, -0.1) is 0 Å². The van der Waals surface area contributed by atoms with Crippen LogP contribution in [0.5, 0.6) is 0 Å². The first kappa shape index (κ1) is 14.7. The zero-order valence-corrected chi connectivity index (χ0v) is 13.6. The Morgan fingerprint density at radius 3 is 3.04 bits per heavy atom. The predicted molar refractivity (Wildman–Crippen MR) is 87.5 cm³/mol. The topological polar surface area (TPSA) is 110 Å². The van der Waals surface area contributed by atoms with Gasteiger partial charge in [0.2, 0.25) is 0 Å². The van der Waals surface area contributed by atoms with Crippen LogP contribution in [0.1, 0.15) is 47.9 Å². The maximum absolute atomic E-state index is 12.6. The van der Waals surface area contributed by atoms with E-state index < -0.39 is 5.54 Å². The summed E-state index contributed by atoms with van der Waals surface area (Å²) < 4.78 is 1.75. The van der Waals surface area contributed by atoms with E-state index in [0.717, 1.165) is 24.1 Å². The summed E-state index contributed by atoms with van der Waals surface area (Å²) in [4.78, 5) is 17.0. The van der Waals surface area contributed by atoms with Crippen molar-refractivity contribution in [3.05, 3.63) is 35.3 Å². The van der Waals surface area contributed by atoms with E-state index in [4.69, 9.17) is 11.0 Å². The average molecular weight is 322 g/mol. The van der Waals surface area contributed by atoms with E-state index in [9.17, 15) is 4.79 Å². The fraction of sp³-hybridized carbons (Fsp3) is 0.412. The summed E-state index contributed by atoms with van der Waals surface area (Å²) in [6.07, 6.45) is 3.63. The van der Waals surface area contributed by atoms with Gasteiger partial charge in [0.25, 0.3) is 5.91 Å². The van der Waals surface area contributed by atoms with Crippen LogP contribution in [-0.2, 0) is 6.42 Å². The molecule has 2 aliphatic carbocycles. The number of nitriles is 1. The summed E-state index contributed by atoms with van der Waals surface area (Å²) in [5.74, 6) is 1.35. The van der Waals surface area contributed by atoms with Crippen molar-refractivity contribution < 1.29 is 4.79 Å². The number of nitrogen functional groups attached to an aromatic ring is 1. The first-order valence-corrected chi connectivity index (χ1v) is 7.97. The maximum atomic E-state index is 12.6. The molecule has 0 aliphatic heterocycles. The van der Waals surface area contributed by atoms with Crippen molar-refractivity contribution in [3.63, 3.8) is 0 Å². The fourth-order valence-corrected chi connectivity index (χ4v) is 3.39. The van der Waals surface area contributed by atoms with Gasteiger partial charge in [-0.25, -0.2) is 9.67 Å². The lowest BCUT2D eigenvalue weighted by Gasteiger charge is -2.16. The van der Waals surface area contributed by atoms with Gasteiger partial charge in [-0.1, -0.05) is 0 Å². The smallest absolute Gasteiger partial charge is 0.273 e. The summed E-state index contributed by atoms with van der Waals surface area (Å²) in [6, 6.07) is 5.55. The normalized spacial score (nSPS) is 20.9. The van der Waals surface area contributed by atoms with Gasteiger partial charge in [0.1, 0.15) is 5.54 Å². The lowest BCUT2D eigenvalue weighted by atomic mass is 10.1. The van der Waals surface area contributed by atoms with Crippen molar-refractivity contribution in [2.75, 3.05) is 5.73 Å². The molecule has 2 aliphatic rings. The van der Waals surface area contributed by atoms with Crippen molar-refractivity contribution >= 4 is 11.6 Å². The molecule has 7 nitrogen and oxygen atoms in total. The Hall–Kier alpha value is -2.88. The number of fused-ring (bicyclic) bond motifs is 3. The minimum atomic E-state index is -0.940. The molecule has 2 unspecified atom stereocenters. The number of hydrogen-bond donors (Lipinski definition) is 2. The van der Waals surface area contributed by atoms with Gasteiger partial charge in [-0.05, 0) is 38.7 Å². The molecule has 0 aromatic carbocycles. The number of carbonyl (C=O) groups excluding carboxylic acids is 1. The van der Waals surface area contributed by atoms with Crippen LogP contribution < -0.4 is 11.1 Å². The van der Waals surface area contributed by atoms with Crippen molar-refractivity contribution in [1.29, 1.82) is 5.26 Å². The monoisotopic (exact) mass is 322 g/mol. The molecule has 3 N–H and O–H groups in total. The largest absolute Gasteiger partial charge is 0.399 e. The highest BCUT2D eigenvalue weighted by Gasteiger charge is 2.50. The quantitative estimate of drug-likeness (QED) is 0.890. The standard InChI is InChI=1S/C17H18N6O/c1-17(2,8-18)21-16(24)14-12-6-9-5-11(9)15(12)23(22-14)13-7-10(19)3-4-20-13/h3-4,7,9,11H,5-6H2,1-2H3,(H2,19,20)(H,21,24). The van der Waals surface area contributed by atoms with Gasteiger partial charge in [-0.3, -0.25) is 4.79 Å². The van der Waals surface area contributed by atoms with Crippen LogP contribution >= 0.6 is 0 Å². The minimum Gasteiger partial charge on any atom is -0.399 e. The lowest BCUT2D eigenvalue weighted by molar-refractivity contribution is 0.0922. The van der Waals surface area contributed by atoms with Crippen molar-refractivity contribution in [2.24, 2.45) is 5.92 Å². The number of rotatable bonds is 3. The number of carbonyl (C=O) groups is 1. The second-order valence-corrected chi connectivity index (χ2v) is 7.07. The van der Waals surface area contributed by atoms with Crippen LogP contribution in [0.4, 0.5) is 5.69 Å². The Bertz CT molecular complexity index is 891. The van der Waals surface area contributed by atoms with Crippen molar-refractivity contribution in [2.45, 2.75) is 38.1 Å². The number of nitrogens with zero attached hydrogens (tertiary/aromatic N) is 4. The van der Waals surface area contributed by atoms with Gasteiger partial charge in [0.05, 0.1) is 11.8 Å². The highest BCUT2D eigenvalue weighted by atomic mass is 16.2. The molecule has 7 heteroatoms. The van der Waals surface area contributed by atoms with E-state index in [2.05, 4.69) is 21.5 Å². The van der Waals surface area contributed by atoms with Gasteiger partial charge in [0.15, 0.2) is 11.5 Å². The van der Waals surface area contributed by atoms with Gasteiger partial charge < -0.3 is 11.1 Å². The molecule has 1 saturated carbocycles. The number of nitrogens with two attached hydrogens (primary N) is 1. The SMILES string of the molecule is CC(C)(C#N)NC(=O)c1nn(-c2cc(N)ccn2)c2c1CC1CC21. The average Bonchev–Trinajstić information content (AvgIpc) is 3.03. The summed E-state index contributed by atoms with van der Waals surface area (Å²) in [5, 5.41) is 16.4. The van der Waals surface area contributed by atoms with E-state index in [1.807, 2.05) is 0 Å². The predicted octanol–water partition coefficient (Wildman–Crippen LogP) is 1.54. The number of aromatic nitrogens is 3. The Labute approximate surface area is 139 Å². The molecular weight excluding hydrogens is 304 g/mol. The molecule has 0 saturated heterocycles. The van der Waals surface area contributed by atoms with Crippen molar-refractivity contribution in [1.82, 2.24) is 20.1 Å². The molecule has 24 heavy (non-hydrogen) atoms. The van der Waals surface area contributed by atoms with Crippen LogP contribution in [0.15, 0.2) is 18.3 Å². The Kier molecular flexibility index (Phi) is 2.94. The Balaban J connectivity index is 1.78. The Morgan fingerprint density at radius 1 is 1.54 bits per heavy atom. The first-order valence-electron chi connectivity index (χ1n) is 7.97. The highest BCUT2D eigenvalue weighted by Crippen LogP contribution is 2.57. The fourth-order valence-electron chi connectivity index (χ4n) is 3.39. The van der Waals surface area contributed by atoms with E-state index >= 15 is 0 Å². The van der Waals surface area contributed by atoms with Crippen LogP contribution in [0, 0.1) is 17.2 Å². The van der Waals surface area contributed by atoms with E-state index in [1.165, 1.54) is 0 Å². The number of hydrogen-bond acceptors (Lipinski definition) is 5. The van der Waals surface area contributed by atoms with Crippen LogP contribution in [0.2, 0.25) is 0 Å². The molecule has 1 fully saturated rings. The van der Waals surface area contributed by atoms with E-state index in [1.54, 1.807) is 36.9 Å². The maximum Gasteiger partial charge on any atom is 0.273 e. The minimum absolute atomic E-state index is 0.318. The van der Waals surface area contributed by atoms with Crippen LogP contribution in [0.3, 0.4) is 0 Å². The molecule has 2 heterocycles. The molecule has 122 valence electrons. The Morgan fingerprint density at radius 2 is 2.33 bits per heavy atom. The number of anilines is 1. The molecule has 2 aromatic heterocycles. The number of nitrogens with one attached hydrogen (secondary N) is 1. The molecular formula is C17H18N6O. The number of amides is 1. The molecule has 1 amide bonds. The molecule has 0 radical (unpaired) electrons. The van der Waals surface area contributed by atoms with Gasteiger partial charge in [0, 0.05) is 29.4 Å². The molecule has 2 atom stereocenters. The third-order valence-electron chi connectivity index (χ3n) is 4.67. The zero-order chi connectivity index (χ0) is 17.1. The van der Waals surface area contributed by atoms with E-state index in [-0.39, 0.29) is 5.91 Å². The number of pyridine rings is 1. The summed E-state index contributed by atoms with van der Waals surface area (Å²) >= 11 is 0. The van der Waals surface area contributed by atoms with Gasteiger partial charge >= 0.3 is 0 Å². The molecule has 2 aromatic rings. The molecule has 0 bridgehead atoms. The lowest BCUT2D eigenvalue weighted by Crippen LogP contribution is -2.42. The molecule has 0 spiro atoms. The van der Waals surface area contributed by atoms with Crippen molar-refractivity contribution in [3.8, 4) is 11.9 Å². The van der Waals surface area contributed by atoms with Crippen LogP contribution in [-0.4, -0.2) is 26.2 Å². The first-order chi connectivity index (χ1) is 11.4. The highest BCUT2D eigenvalue weighted by molar-refractivity contribution is 5.95. The van der Waals surface area contributed by atoms with E-state index in [0.29, 0.717) is 29.0 Å². The third-order valence-corrected chi connectivity index (χ3v) is 4.67. The summed E-state index contributed by atoms with van der Waals surface area (Å²) in [6.45, 7) is 3.33. The summed E-state index contributed by atoms with van der Waals surface area (Å²) in [7, 11) is 0.